The van der Waals surface area contributed by atoms with Gasteiger partial charge < -0.3 is 24.7 Å². The SMILES string of the molecule is CC(C)(C)OC(=O)N1CC[C@H]1COc1cnccc1-c1cc2c([nH]1)CCNC2=O. The number of ether oxygens (including phenoxy) is 2. The summed E-state index contributed by atoms with van der Waals surface area (Å²) in [6.45, 7) is 7.23. The first-order valence-electron chi connectivity index (χ1n) is 9.89. The lowest BCUT2D eigenvalue weighted by molar-refractivity contribution is -0.0141. The summed E-state index contributed by atoms with van der Waals surface area (Å²) in [5.41, 5.74) is 2.74. The van der Waals surface area contributed by atoms with E-state index in [0.29, 0.717) is 31.0 Å². The summed E-state index contributed by atoms with van der Waals surface area (Å²) in [6, 6.07) is 3.68. The fourth-order valence-electron chi connectivity index (χ4n) is 3.52. The first-order chi connectivity index (χ1) is 13.8. The van der Waals surface area contributed by atoms with Crippen LogP contribution in [-0.4, -0.2) is 58.2 Å². The first kappa shape index (κ1) is 19.3. The van der Waals surface area contributed by atoms with Crippen molar-refractivity contribution in [2.45, 2.75) is 45.3 Å². The quantitative estimate of drug-likeness (QED) is 0.826. The molecule has 1 atom stereocenters. The van der Waals surface area contributed by atoms with Gasteiger partial charge in [-0.2, -0.15) is 0 Å². The fraction of sp³-hybridized carbons (Fsp3) is 0.476. The van der Waals surface area contributed by atoms with E-state index >= 15 is 0 Å². The number of hydrogen-bond donors (Lipinski definition) is 2. The molecule has 4 rings (SSSR count). The van der Waals surface area contributed by atoms with Crippen LogP contribution in [0.3, 0.4) is 0 Å². The molecule has 29 heavy (non-hydrogen) atoms. The maximum atomic E-state index is 12.3. The van der Waals surface area contributed by atoms with Crippen LogP contribution in [0.1, 0.15) is 43.2 Å². The van der Waals surface area contributed by atoms with Gasteiger partial charge in [0, 0.05) is 37.0 Å². The van der Waals surface area contributed by atoms with Gasteiger partial charge in [-0.15, -0.1) is 0 Å². The van der Waals surface area contributed by atoms with Crippen LogP contribution >= 0.6 is 0 Å². The molecule has 8 nitrogen and oxygen atoms in total. The Morgan fingerprint density at radius 1 is 1.34 bits per heavy atom. The third-order valence-corrected chi connectivity index (χ3v) is 5.08. The predicted molar refractivity (Wildman–Crippen MR) is 107 cm³/mol. The molecule has 2 amide bonds. The van der Waals surface area contributed by atoms with Crippen molar-refractivity contribution >= 4 is 12.0 Å². The molecule has 0 radical (unpaired) electrons. The minimum Gasteiger partial charge on any atom is -0.489 e. The standard InChI is InChI=1S/C21H26N4O4/c1-21(2,3)29-20(27)25-9-6-13(25)12-28-18-11-22-7-4-14(18)17-10-15-16(24-17)5-8-23-19(15)26/h4,7,10-11,13,24H,5-6,8-9,12H2,1-3H3,(H,23,26)/t13-/m0/s1. The van der Waals surface area contributed by atoms with Crippen molar-refractivity contribution in [1.29, 1.82) is 0 Å². The number of aromatic amines is 1. The van der Waals surface area contributed by atoms with E-state index in [2.05, 4.69) is 15.3 Å². The lowest BCUT2D eigenvalue weighted by Gasteiger charge is -2.41. The average molecular weight is 398 g/mol. The molecule has 2 aliphatic heterocycles. The number of hydrogen-bond acceptors (Lipinski definition) is 5. The van der Waals surface area contributed by atoms with Crippen LogP contribution in [0, 0.1) is 0 Å². The molecular weight excluding hydrogens is 372 g/mol. The second kappa shape index (κ2) is 7.42. The third-order valence-electron chi connectivity index (χ3n) is 5.08. The van der Waals surface area contributed by atoms with E-state index < -0.39 is 5.60 Å². The van der Waals surface area contributed by atoms with E-state index in [4.69, 9.17) is 9.47 Å². The summed E-state index contributed by atoms with van der Waals surface area (Å²) in [5.74, 6) is 0.551. The number of likely N-dealkylation sites (tertiary alicyclic amines) is 1. The fourth-order valence-corrected chi connectivity index (χ4v) is 3.52. The molecule has 1 saturated heterocycles. The molecule has 0 bridgehead atoms. The van der Waals surface area contributed by atoms with Crippen molar-refractivity contribution < 1.29 is 19.1 Å². The molecule has 2 aliphatic rings. The number of amides is 2. The average Bonchev–Trinajstić information content (AvgIpc) is 3.05. The van der Waals surface area contributed by atoms with Gasteiger partial charge in [-0.25, -0.2) is 4.79 Å². The number of fused-ring (bicyclic) bond motifs is 1. The molecule has 2 aromatic heterocycles. The zero-order chi connectivity index (χ0) is 20.6. The van der Waals surface area contributed by atoms with Crippen LogP contribution in [0.25, 0.3) is 11.3 Å². The van der Waals surface area contributed by atoms with Gasteiger partial charge in [0.15, 0.2) is 0 Å². The van der Waals surface area contributed by atoms with Gasteiger partial charge in [0.1, 0.15) is 18.0 Å². The summed E-state index contributed by atoms with van der Waals surface area (Å²) in [5, 5.41) is 2.85. The van der Waals surface area contributed by atoms with Crippen molar-refractivity contribution in [3.05, 3.63) is 35.8 Å². The Morgan fingerprint density at radius 3 is 2.86 bits per heavy atom. The Morgan fingerprint density at radius 2 is 2.17 bits per heavy atom. The van der Waals surface area contributed by atoms with Crippen molar-refractivity contribution in [2.24, 2.45) is 0 Å². The number of H-pyrrole nitrogens is 1. The van der Waals surface area contributed by atoms with Gasteiger partial charge in [0.25, 0.3) is 5.91 Å². The second-order valence-corrected chi connectivity index (χ2v) is 8.38. The smallest absolute Gasteiger partial charge is 0.410 e. The largest absolute Gasteiger partial charge is 0.489 e. The molecule has 0 saturated carbocycles. The molecule has 0 spiro atoms. The Kier molecular flexibility index (Phi) is 4.94. The number of nitrogens with zero attached hydrogens (tertiary/aromatic N) is 2. The zero-order valence-corrected chi connectivity index (χ0v) is 16.9. The molecule has 4 heterocycles. The van der Waals surface area contributed by atoms with E-state index in [9.17, 15) is 9.59 Å². The number of nitrogens with one attached hydrogen (secondary N) is 2. The summed E-state index contributed by atoms with van der Waals surface area (Å²) in [4.78, 5) is 33.5. The van der Waals surface area contributed by atoms with E-state index in [1.165, 1.54) is 0 Å². The van der Waals surface area contributed by atoms with Gasteiger partial charge >= 0.3 is 6.09 Å². The summed E-state index contributed by atoms with van der Waals surface area (Å²) < 4.78 is 11.5. The van der Waals surface area contributed by atoms with Crippen molar-refractivity contribution in [3.63, 3.8) is 0 Å². The highest BCUT2D eigenvalue weighted by atomic mass is 16.6. The van der Waals surface area contributed by atoms with Crippen molar-refractivity contribution in [1.82, 2.24) is 20.2 Å². The number of carbonyl (C=O) groups is 2. The van der Waals surface area contributed by atoms with Gasteiger partial charge in [0.05, 0.1) is 23.5 Å². The summed E-state index contributed by atoms with van der Waals surface area (Å²) >= 11 is 0. The van der Waals surface area contributed by atoms with E-state index in [0.717, 1.165) is 29.8 Å². The second-order valence-electron chi connectivity index (χ2n) is 8.38. The zero-order valence-electron chi connectivity index (χ0n) is 16.9. The highest BCUT2D eigenvalue weighted by molar-refractivity contribution is 5.98. The maximum absolute atomic E-state index is 12.3. The lowest BCUT2D eigenvalue weighted by Crippen LogP contribution is -2.55. The molecular formula is C21H26N4O4. The van der Waals surface area contributed by atoms with Crippen molar-refractivity contribution in [3.8, 4) is 17.0 Å². The van der Waals surface area contributed by atoms with E-state index in [-0.39, 0.29) is 18.0 Å². The molecule has 2 N–H and O–H groups in total. The van der Waals surface area contributed by atoms with E-state index in [1.54, 1.807) is 17.3 Å². The summed E-state index contributed by atoms with van der Waals surface area (Å²) in [7, 11) is 0. The van der Waals surface area contributed by atoms with Crippen LogP contribution in [0.15, 0.2) is 24.5 Å². The monoisotopic (exact) mass is 398 g/mol. The van der Waals surface area contributed by atoms with Crippen LogP contribution in [0.4, 0.5) is 4.79 Å². The third kappa shape index (κ3) is 4.06. The molecule has 8 heteroatoms. The van der Waals surface area contributed by atoms with Crippen LogP contribution < -0.4 is 10.1 Å². The first-order valence-corrected chi connectivity index (χ1v) is 9.89. The number of rotatable bonds is 4. The normalized spacial score (nSPS) is 18.5. The molecule has 0 aromatic carbocycles. The molecule has 2 aromatic rings. The number of carbonyl (C=O) groups excluding carboxylic acids is 2. The van der Waals surface area contributed by atoms with E-state index in [1.807, 2.05) is 32.9 Å². The van der Waals surface area contributed by atoms with Crippen LogP contribution in [-0.2, 0) is 11.2 Å². The Bertz CT molecular complexity index is 931. The topological polar surface area (TPSA) is 96.5 Å². The van der Waals surface area contributed by atoms with Gasteiger partial charge in [0.2, 0.25) is 0 Å². The van der Waals surface area contributed by atoms with Crippen LogP contribution in [0.2, 0.25) is 0 Å². The maximum Gasteiger partial charge on any atom is 0.410 e. The van der Waals surface area contributed by atoms with Gasteiger partial charge in [-0.3, -0.25) is 9.78 Å². The number of aromatic nitrogens is 2. The van der Waals surface area contributed by atoms with Crippen molar-refractivity contribution in [2.75, 3.05) is 19.7 Å². The van der Waals surface area contributed by atoms with Crippen LogP contribution in [0.5, 0.6) is 5.75 Å². The molecule has 154 valence electrons. The molecule has 0 aliphatic carbocycles. The Balaban J connectivity index is 1.46. The predicted octanol–water partition coefficient (Wildman–Crippen LogP) is 2.75. The molecule has 0 unspecified atom stereocenters. The Hall–Kier alpha value is -3.03. The highest BCUT2D eigenvalue weighted by Crippen LogP contribution is 2.32. The number of pyridine rings is 1. The molecule has 1 fully saturated rings. The van der Waals surface area contributed by atoms with Gasteiger partial charge in [-0.1, -0.05) is 0 Å². The Labute approximate surface area is 169 Å². The lowest BCUT2D eigenvalue weighted by atomic mass is 10.1. The highest BCUT2D eigenvalue weighted by Gasteiger charge is 2.35. The summed E-state index contributed by atoms with van der Waals surface area (Å²) in [6.07, 6.45) is 4.68. The minimum atomic E-state index is -0.520. The van der Waals surface area contributed by atoms with Gasteiger partial charge in [-0.05, 0) is 39.3 Å². The minimum absolute atomic E-state index is 0.0273.